The smallest absolute Gasteiger partial charge is 0.369 e. The standard InChI is InChI=1S/C20H29F3N4OS2/c1-13-10-19(5-7-27(13)12-15(26-24)11-25-6-9-29-3)18-16(4-8-28-19)14(2)17(30-18)20(21,22)23/h11,13H,4-10,12,24H2,1-3H3/t13-,19?/m0/s1. The lowest BCUT2D eigenvalue weighted by atomic mass is 9.81. The summed E-state index contributed by atoms with van der Waals surface area (Å²) in [5.74, 6) is 6.49. The lowest BCUT2D eigenvalue weighted by molar-refractivity contribution is -0.134. The Kier molecular flexibility index (Phi) is 7.53. The van der Waals surface area contributed by atoms with Crippen LogP contribution >= 0.6 is 23.1 Å². The van der Waals surface area contributed by atoms with Gasteiger partial charge in [-0.3, -0.25) is 9.89 Å². The summed E-state index contributed by atoms with van der Waals surface area (Å²) in [7, 11) is 0. The Hall–Kier alpha value is -1.10. The van der Waals surface area contributed by atoms with Gasteiger partial charge >= 0.3 is 6.18 Å². The molecule has 1 aromatic rings. The van der Waals surface area contributed by atoms with Crippen LogP contribution in [-0.2, 0) is 22.9 Å². The highest BCUT2D eigenvalue weighted by Crippen LogP contribution is 2.51. The quantitative estimate of drug-likeness (QED) is 0.300. The van der Waals surface area contributed by atoms with Gasteiger partial charge in [0.25, 0.3) is 0 Å². The number of nitrogens with two attached hydrogens (primary N) is 1. The minimum Gasteiger partial charge on any atom is -0.369 e. The van der Waals surface area contributed by atoms with Gasteiger partial charge < -0.3 is 10.6 Å². The minimum atomic E-state index is -4.32. The third-order valence-corrected chi connectivity index (χ3v) is 8.08. The Morgan fingerprint density at radius 1 is 1.47 bits per heavy atom. The van der Waals surface area contributed by atoms with Gasteiger partial charge in [-0.15, -0.1) is 11.3 Å². The fraction of sp³-hybridized carbons (Fsp3) is 0.700. The molecule has 0 bridgehead atoms. The van der Waals surface area contributed by atoms with Crippen LogP contribution < -0.4 is 5.84 Å². The molecule has 2 N–H and O–H groups in total. The maximum absolute atomic E-state index is 13.5. The first kappa shape index (κ1) is 23.6. The number of alkyl halides is 3. The van der Waals surface area contributed by atoms with Crippen molar-refractivity contribution in [2.75, 3.05) is 38.2 Å². The maximum atomic E-state index is 13.5. The molecule has 2 atom stereocenters. The van der Waals surface area contributed by atoms with Gasteiger partial charge in [-0.25, -0.2) is 0 Å². The fourth-order valence-corrected chi connectivity index (χ4v) is 6.06. The third-order valence-electron chi connectivity index (χ3n) is 5.92. The van der Waals surface area contributed by atoms with E-state index in [0.29, 0.717) is 56.8 Å². The molecule has 1 aromatic heterocycles. The molecule has 0 aromatic carbocycles. The summed E-state index contributed by atoms with van der Waals surface area (Å²) < 4.78 is 46.6. The Bertz CT molecular complexity index is 809. The van der Waals surface area contributed by atoms with Crippen LogP contribution in [0.4, 0.5) is 13.2 Å². The first-order chi connectivity index (χ1) is 14.2. The number of thiophene rings is 1. The molecule has 0 saturated carbocycles. The summed E-state index contributed by atoms with van der Waals surface area (Å²) in [6.07, 6.45) is 1.29. The molecule has 10 heteroatoms. The molecular formula is C20H29F3N4OS2. The topological polar surface area (TPSA) is 63.2 Å². The van der Waals surface area contributed by atoms with Crippen molar-refractivity contribution < 1.29 is 17.9 Å². The number of fused-ring (bicyclic) bond motifs is 2. The molecule has 0 amide bonds. The molecule has 1 spiro atoms. The van der Waals surface area contributed by atoms with Crippen molar-refractivity contribution in [1.29, 1.82) is 0 Å². The van der Waals surface area contributed by atoms with Crippen molar-refractivity contribution >= 4 is 35.0 Å². The van der Waals surface area contributed by atoms with Crippen molar-refractivity contribution in [3.8, 4) is 0 Å². The summed E-state index contributed by atoms with van der Waals surface area (Å²) in [6, 6.07) is 0.123. The number of halogens is 3. The van der Waals surface area contributed by atoms with Gasteiger partial charge in [-0.2, -0.15) is 30.0 Å². The zero-order valence-corrected chi connectivity index (χ0v) is 19.2. The molecule has 0 aliphatic carbocycles. The van der Waals surface area contributed by atoms with Crippen LogP contribution in [0.15, 0.2) is 10.1 Å². The maximum Gasteiger partial charge on any atom is 0.425 e. The van der Waals surface area contributed by atoms with Crippen LogP contribution in [0.1, 0.15) is 40.6 Å². The average Bonchev–Trinajstić information content (AvgIpc) is 3.05. The van der Waals surface area contributed by atoms with Crippen LogP contribution in [0, 0.1) is 6.92 Å². The highest BCUT2D eigenvalue weighted by molar-refractivity contribution is 7.98. The molecule has 3 rings (SSSR count). The van der Waals surface area contributed by atoms with Crippen LogP contribution in [0.2, 0.25) is 0 Å². The predicted octanol–water partition coefficient (Wildman–Crippen LogP) is 4.08. The number of hydrogen-bond donors (Lipinski definition) is 1. The summed E-state index contributed by atoms with van der Waals surface area (Å²) in [6.45, 7) is 6.14. The fourth-order valence-electron chi connectivity index (χ4n) is 4.36. The van der Waals surface area contributed by atoms with E-state index in [4.69, 9.17) is 10.6 Å². The monoisotopic (exact) mass is 462 g/mol. The van der Waals surface area contributed by atoms with Crippen LogP contribution in [0.25, 0.3) is 0 Å². The second kappa shape index (κ2) is 9.58. The lowest BCUT2D eigenvalue weighted by Crippen LogP contribution is -2.51. The van der Waals surface area contributed by atoms with Crippen molar-refractivity contribution in [1.82, 2.24) is 4.90 Å². The highest BCUT2D eigenvalue weighted by Gasteiger charge is 2.48. The first-order valence-electron chi connectivity index (χ1n) is 10.1. The van der Waals surface area contributed by atoms with Crippen molar-refractivity contribution in [3.63, 3.8) is 0 Å². The molecule has 5 nitrogen and oxygen atoms in total. The zero-order chi connectivity index (χ0) is 21.9. The number of nitrogens with zero attached hydrogens (tertiary/aromatic N) is 3. The van der Waals surface area contributed by atoms with Crippen LogP contribution in [-0.4, -0.2) is 61.1 Å². The van der Waals surface area contributed by atoms with E-state index in [2.05, 4.69) is 21.9 Å². The predicted molar refractivity (Wildman–Crippen MR) is 119 cm³/mol. The number of rotatable bonds is 6. The van der Waals surface area contributed by atoms with Gasteiger partial charge in [0.1, 0.15) is 10.5 Å². The van der Waals surface area contributed by atoms with Crippen molar-refractivity contribution in [3.05, 3.63) is 20.9 Å². The molecule has 168 valence electrons. The number of hydrogen-bond acceptors (Lipinski definition) is 7. The van der Waals surface area contributed by atoms with Gasteiger partial charge in [0.2, 0.25) is 0 Å². The van der Waals surface area contributed by atoms with E-state index in [1.54, 1.807) is 24.9 Å². The second-order valence-electron chi connectivity index (χ2n) is 7.88. The van der Waals surface area contributed by atoms with Gasteiger partial charge in [0.05, 0.1) is 12.3 Å². The van der Waals surface area contributed by atoms with Gasteiger partial charge in [-0.05, 0) is 50.5 Å². The minimum absolute atomic E-state index is 0.123. The summed E-state index contributed by atoms with van der Waals surface area (Å²) in [5, 5.41) is 3.86. The Labute approximate surface area is 183 Å². The summed E-state index contributed by atoms with van der Waals surface area (Å²) in [4.78, 5) is 6.90. The molecule has 1 saturated heterocycles. The number of piperidine rings is 1. The number of thioether (sulfide) groups is 1. The highest BCUT2D eigenvalue weighted by atomic mass is 32.2. The number of likely N-dealkylation sites (tertiary alicyclic amines) is 1. The van der Waals surface area contributed by atoms with E-state index in [-0.39, 0.29) is 6.04 Å². The third kappa shape index (κ3) is 4.87. The van der Waals surface area contributed by atoms with E-state index in [1.165, 1.54) is 0 Å². The largest absolute Gasteiger partial charge is 0.425 e. The number of ether oxygens (including phenoxy) is 1. The normalized spacial score (nSPS) is 25.9. The van der Waals surface area contributed by atoms with E-state index in [9.17, 15) is 13.2 Å². The number of hydrazone groups is 1. The van der Waals surface area contributed by atoms with Gasteiger partial charge in [0, 0.05) is 42.5 Å². The Morgan fingerprint density at radius 2 is 2.23 bits per heavy atom. The van der Waals surface area contributed by atoms with Crippen LogP contribution in [0.5, 0.6) is 0 Å². The van der Waals surface area contributed by atoms with Crippen molar-refractivity contribution in [2.24, 2.45) is 15.9 Å². The molecular weight excluding hydrogens is 433 g/mol. The molecule has 1 unspecified atom stereocenters. The van der Waals surface area contributed by atoms with E-state index in [0.717, 1.165) is 27.5 Å². The zero-order valence-electron chi connectivity index (χ0n) is 17.6. The summed E-state index contributed by atoms with van der Waals surface area (Å²) in [5.41, 5.74) is 1.29. The lowest BCUT2D eigenvalue weighted by Gasteiger charge is -2.47. The SMILES string of the molecule is CSCCN=CC(CN1CCC2(C[C@@H]1C)OCCc1c2sc(C(F)(F)F)c1C)=NN. The van der Waals surface area contributed by atoms with E-state index >= 15 is 0 Å². The molecule has 0 radical (unpaired) electrons. The molecule has 2 aliphatic heterocycles. The molecule has 3 heterocycles. The second-order valence-corrected chi connectivity index (χ2v) is 9.88. The first-order valence-corrected chi connectivity index (χ1v) is 12.3. The van der Waals surface area contributed by atoms with E-state index in [1.807, 2.05) is 6.26 Å². The van der Waals surface area contributed by atoms with Crippen LogP contribution in [0.3, 0.4) is 0 Å². The van der Waals surface area contributed by atoms with Crippen molar-refractivity contribution in [2.45, 2.75) is 50.9 Å². The summed E-state index contributed by atoms with van der Waals surface area (Å²) >= 11 is 2.61. The Balaban J connectivity index is 1.75. The van der Waals surface area contributed by atoms with Gasteiger partial charge in [0.15, 0.2) is 0 Å². The average molecular weight is 463 g/mol. The van der Waals surface area contributed by atoms with E-state index < -0.39 is 16.7 Å². The Morgan fingerprint density at radius 3 is 2.87 bits per heavy atom. The molecule has 30 heavy (non-hydrogen) atoms. The molecule has 1 fully saturated rings. The number of aliphatic imine (C=N–C) groups is 1. The van der Waals surface area contributed by atoms with Gasteiger partial charge in [-0.1, -0.05) is 0 Å². The molecule has 2 aliphatic rings.